The van der Waals surface area contributed by atoms with Gasteiger partial charge in [0.2, 0.25) is 0 Å². The van der Waals surface area contributed by atoms with Crippen LogP contribution in [0.4, 0.5) is 0 Å². The molecule has 0 spiro atoms. The molecule has 0 radical (unpaired) electrons. The molecule has 2 unspecified atom stereocenters. The van der Waals surface area contributed by atoms with E-state index in [0.717, 1.165) is 5.69 Å². The van der Waals surface area contributed by atoms with Crippen molar-refractivity contribution < 1.29 is 41.1 Å². The fourth-order valence-electron chi connectivity index (χ4n) is 3.30. The van der Waals surface area contributed by atoms with Crippen LogP contribution in [0.3, 0.4) is 0 Å². The molecule has 1 heterocycles. The van der Waals surface area contributed by atoms with Crippen LogP contribution in [0.25, 0.3) is 5.57 Å². The van der Waals surface area contributed by atoms with Crippen molar-refractivity contribution in [1.29, 1.82) is 0 Å². The molecule has 0 N–H and O–H groups in total. The number of pyridine rings is 1. The summed E-state index contributed by atoms with van der Waals surface area (Å²) >= 11 is 3.29. The summed E-state index contributed by atoms with van der Waals surface area (Å²) in [5.41, 5.74) is 6.40. The summed E-state index contributed by atoms with van der Waals surface area (Å²) in [6.45, 7) is 0. The number of benzene rings is 2. The SMILES string of the molecule is [Cl-].[Cl-].[Cr+2][CH]1C=C(C(c2ccccc2)c2ccccn2)c2ccccc21. The standard InChI is InChI=1S/C21H16N.2ClH.Cr/c1-2-9-17(10-3-1)21(20-12-6-7-15-22-20)19-14-13-16-8-4-5-11-18(16)19;;;/h1-15,21H;2*1H;/q;;;+2/p-2. The Kier molecular flexibility index (Phi) is 6.88. The quantitative estimate of drug-likeness (QED) is 0.540. The summed E-state index contributed by atoms with van der Waals surface area (Å²) in [7, 11) is 0. The van der Waals surface area contributed by atoms with Gasteiger partial charge in [0.15, 0.2) is 0 Å². The van der Waals surface area contributed by atoms with Crippen molar-refractivity contribution in [2.24, 2.45) is 0 Å². The van der Waals surface area contributed by atoms with E-state index in [9.17, 15) is 0 Å². The first-order valence-electron chi connectivity index (χ1n) is 7.77. The summed E-state index contributed by atoms with van der Waals surface area (Å²) in [6, 6.07) is 25.4. The van der Waals surface area contributed by atoms with E-state index in [4.69, 9.17) is 0 Å². The van der Waals surface area contributed by atoms with Crippen LogP contribution in [0.5, 0.6) is 0 Å². The van der Waals surface area contributed by atoms with Crippen molar-refractivity contribution in [3.8, 4) is 0 Å². The molecule has 0 fully saturated rings. The molecule has 0 amide bonds. The Labute approximate surface area is 169 Å². The van der Waals surface area contributed by atoms with E-state index in [1.54, 1.807) is 0 Å². The number of halogens is 2. The average molecular weight is 405 g/mol. The number of aromatic nitrogens is 1. The topological polar surface area (TPSA) is 12.9 Å². The van der Waals surface area contributed by atoms with Gasteiger partial charge in [-0.25, -0.2) is 0 Å². The van der Waals surface area contributed by atoms with Crippen molar-refractivity contribution >= 4 is 5.57 Å². The van der Waals surface area contributed by atoms with Crippen LogP contribution >= 0.6 is 0 Å². The zero-order valence-electron chi connectivity index (χ0n) is 13.3. The minimum absolute atomic E-state index is 0. The van der Waals surface area contributed by atoms with E-state index in [0.29, 0.717) is 4.78 Å². The Balaban J connectivity index is 0.00000113. The molecule has 0 saturated carbocycles. The average Bonchev–Trinajstić information content (AvgIpc) is 2.94. The van der Waals surface area contributed by atoms with Crippen molar-refractivity contribution in [3.63, 3.8) is 0 Å². The first-order chi connectivity index (χ1) is 11.3. The number of fused-ring (bicyclic) bond motifs is 1. The van der Waals surface area contributed by atoms with Gasteiger partial charge in [0.05, 0.1) is 0 Å². The molecule has 4 heteroatoms. The first-order valence-corrected chi connectivity index (χ1v) is 8.51. The van der Waals surface area contributed by atoms with Gasteiger partial charge in [0, 0.05) is 0 Å². The fraction of sp³-hybridized carbons (Fsp3) is 0.0952. The number of hydrogen-bond donors (Lipinski definition) is 0. The molecule has 3 aromatic rings. The van der Waals surface area contributed by atoms with Gasteiger partial charge in [0.25, 0.3) is 0 Å². The Morgan fingerprint density at radius 3 is 2.20 bits per heavy atom. The molecule has 1 aliphatic carbocycles. The minimum atomic E-state index is 0. The van der Waals surface area contributed by atoms with Gasteiger partial charge in [-0.1, -0.05) is 0 Å². The molecule has 1 nitrogen and oxygen atoms in total. The number of nitrogens with zero attached hydrogens (tertiary/aromatic N) is 1. The molecule has 0 saturated heterocycles. The van der Waals surface area contributed by atoms with E-state index in [1.807, 2.05) is 12.3 Å². The van der Waals surface area contributed by atoms with E-state index in [2.05, 4.69) is 94.1 Å². The summed E-state index contributed by atoms with van der Waals surface area (Å²) in [6.07, 6.45) is 4.22. The van der Waals surface area contributed by atoms with Gasteiger partial charge < -0.3 is 24.8 Å². The first kappa shape index (κ1) is 19.8. The van der Waals surface area contributed by atoms with Crippen molar-refractivity contribution in [2.45, 2.75) is 10.7 Å². The summed E-state index contributed by atoms with van der Waals surface area (Å²) in [5.74, 6) is 0.164. The van der Waals surface area contributed by atoms with Gasteiger partial charge in [-0.05, 0) is 0 Å². The van der Waals surface area contributed by atoms with Crippen LogP contribution in [0, 0.1) is 0 Å². The fourth-order valence-corrected chi connectivity index (χ4v) is 3.85. The zero-order chi connectivity index (χ0) is 15.6. The third-order valence-corrected chi connectivity index (χ3v) is 4.95. The maximum atomic E-state index is 4.65. The van der Waals surface area contributed by atoms with Crippen LogP contribution in [0.15, 0.2) is 85.1 Å². The monoisotopic (exact) mass is 404 g/mol. The summed E-state index contributed by atoms with van der Waals surface area (Å²) in [4.78, 5) is 4.65. The third-order valence-electron chi connectivity index (χ3n) is 4.34. The van der Waals surface area contributed by atoms with Gasteiger partial charge in [-0.3, -0.25) is 0 Å². The molecular weight excluding hydrogens is 389 g/mol. The normalized spacial score (nSPS) is 16.0. The predicted molar refractivity (Wildman–Crippen MR) is 89.7 cm³/mol. The molecule has 4 rings (SSSR count). The van der Waals surface area contributed by atoms with Crippen LogP contribution in [-0.4, -0.2) is 4.98 Å². The van der Waals surface area contributed by atoms with E-state index >= 15 is 0 Å². The van der Waals surface area contributed by atoms with Crippen molar-refractivity contribution in [3.05, 3.63) is 107 Å². The Hall–Kier alpha value is -1.56. The number of rotatable bonds is 3. The molecule has 0 bridgehead atoms. The maximum absolute atomic E-state index is 4.65. The molecule has 1 aliphatic rings. The Bertz CT molecular complexity index is 811. The second-order valence-corrected chi connectivity index (χ2v) is 6.52. The molecule has 2 atom stereocenters. The van der Waals surface area contributed by atoms with Gasteiger partial charge >= 0.3 is 145 Å². The summed E-state index contributed by atoms with van der Waals surface area (Å²) < 4.78 is 0.330. The van der Waals surface area contributed by atoms with Crippen LogP contribution in [0.1, 0.15) is 33.1 Å². The Morgan fingerprint density at radius 2 is 1.48 bits per heavy atom. The zero-order valence-corrected chi connectivity index (χ0v) is 16.1. The Morgan fingerprint density at radius 1 is 0.800 bits per heavy atom. The van der Waals surface area contributed by atoms with Crippen LogP contribution < -0.4 is 24.8 Å². The van der Waals surface area contributed by atoms with Crippen molar-refractivity contribution in [2.75, 3.05) is 0 Å². The second-order valence-electron chi connectivity index (χ2n) is 5.73. The van der Waals surface area contributed by atoms with Crippen molar-refractivity contribution in [1.82, 2.24) is 4.98 Å². The molecule has 0 aliphatic heterocycles. The van der Waals surface area contributed by atoms with E-state index in [-0.39, 0.29) is 30.7 Å². The van der Waals surface area contributed by atoms with Gasteiger partial charge in [0.1, 0.15) is 0 Å². The van der Waals surface area contributed by atoms with Gasteiger partial charge in [-0.15, -0.1) is 0 Å². The van der Waals surface area contributed by atoms with E-state index < -0.39 is 0 Å². The molecule has 1 aromatic heterocycles. The molecule has 2 aromatic carbocycles. The number of allylic oxidation sites excluding steroid dienone is 2. The van der Waals surface area contributed by atoms with E-state index in [1.165, 1.54) is 22.3 Å². The predicted octanol–water partition coefficient (Wildman–Crippen LogP) is -1.09. The third kappa shape index (κ3) is 3.84. The molecule has 25 heavy (non-hydrogen) atoms. The summed E-state index contributed by atoms with van der Waals surface area (Å²) in [5, 5.41) is 0. The van der Waals surface area contributed by atoms with Gasteiger partial charge in [-0.2, -0.15) is 0 Å². The van der Waals surface area contributed by atoms with Crippen LogP contribution in [0.2, 0.25) is 0 Å². The molecule has 125 valence electrons. The number of hydrogen-bond acceptors (Lipinski definition) is 1. The van der Waals surface area contributed by atoms with Crippen LogP contribution in [-0.2, 0) is 16.3 Å². The molecular formula is C21H16Cl2CrN. The second kappa shape index (κ2) is 8.70.